The summed E-state index contributed by atoms with van der Waals surface area (Å²) in [5.74, 6) is 0.128. The van der Waals surface area contributed by atoms with Gasteiger partial charge in [0.1, 0.15) is 0 Å². The molecule has 1 saturated heterocycles. The van der Waals surface area contributed by atoms with Gasteiger partial charge in [0.25, 0.3) is 5.91 Å². The first-order valence-corrected chi connectivity index (χ1v) is 7.96. The van der Waals surface area contributed by atoms with Crippen molar-refractivity contribution in [3.63, 3.8) is 0 Å². The lowest BCUT2D eigenvalue weighted by atomic mass is 10.1. The van der Waals surface area contributed by atoms with Crippen LogP contribution in [0.2, 0.25) is 0 Å². The van der Waals surface area contributed by atoms with Gasteiger partial charge in [-0.15, -0.1) is 0 Å². The number of likely N-dealkylation sites (tertiary alicyclic amines) is 1. The van der Waals surface area contributed by atoms with Crippen LogP contribution in [-0.2, 0) is 0 Å². The van der Waals surface area contributed by atoms with E-state index < -0.39 is 0 Å². The Kier molecular flexibility index (Phi) is 4.18. The Morgan fingerprint density at radius 2 is 2.09 bits per heavy atom. The number of hydrogen-bond acceptors (Lipinski definition) is 2. The molecule has 1 N–H and O–H groups in total. The highest BCUT2D eigenvalue weighted by Crippen LogP contribution is 2.32. The quantitative estimate of drug-likeness (QED) is 0.939. The van der Waals surface area contributed by atoms with Gasteiger partial charge >= 0.3 is 0 Å². The van der Waals surface area contributed by atoms with E-state index in [1.807, 2.05) is 41.4 Å². The van der Waals surface area contributed by atoms with Crippen molar-refractivity contribution < 1.29 is 4.79 Å². The van der Waals surface area contributed by atoms with Crippen LogP contribution in [0.1, 0.15) is 41.9 Å². The number of carbonyl (C=O) groups is 1. The van der Waals surface area contributed by atoms with E-state index in [0.717, 1.165) is 42.9 Å². The maximum atomic E-state index is 12.8. The van der Waals surface area contributed by atoms with Gasteiger partial charge < -0.3 is 14.8 Å². The van der Waals surface area contributed by atoms with Gasteiger partial charge in [0.05, 0.1) is 6.04 Å². The zero-order valence-electron chi connectivity index (χ0n) is 13.2. The smallest absolute Gasteiger partial charge is 0.254 e. The average molecular weight is 297 g/mol. The minimum atomic E-state index is 0.128. The summed E-state index contributed by atoms with van der Waals surface area (Å²) in [5.41, 5.74) is 3.04. The number of anilines is 1. The predicted molar refractivity (Wildman–Crippen MR) is 89.2 cm³/mol. The van der Waals surface area contributed by atoms with Crippen molar-refractivity contribution in [2.24, 2.45) is 0 Å². The Balaban J connectivity index is 1.78. The van der Waals surface area contributed by atoms with E-state index in [9.17, 15) is 4.79 Å². The van der Waals surface area contributed by atoms with Crippen molar-refractivity contribution in [3.8, 4) is 0 Å². The van der Waals surface area contributed by atoms with Gasteiger partial charge in [-0.1, -0.05) is 0 Å². The molecule has 1 aliphatic rings. The predicted octanol–water partition coefficient (Wildman–Crippen LogP) is 3.45. The van der Waals surface area contributed by atoms with Gasteiger partial charge in [0, 0.05) is 43.3 Å². The Morgan fingerprint density at radius 1 is 1.32 bits per heavy atom. The molecule has 1 aromatic carbocycles. The Hall–Kier alpha value is -2.23. The minimum Gasteiger partial charge on any atom is -0.375 e. The summed E-state index contributed by atoms with van der Waals surface area (Å²) in [6, 6.07) is 12.2. The molecule has 116 valence electrons. The van der Waals surface area contributed by atoms with Gasteiger partial charge in [0.2, 0.25) is 0 Å². The summed E-state index contributed by atoms with van der Waals surface area (Å²) in [5, 5.41) is 0. The van der Waals surface area contributed by atoms with Crippen LogP contribution >= 0.6 is 0 Å². The molecule has 1 aliphatic heterocycles. The summed E-state index contributed by atoms with van der Waals surface area (Å²) >= 11 is 0. The van der Waals surface area contributed by atoms with E-state index >= 15 is 0 Å². The Labute approximate surface area is 131 Å². The monoisotopic (exact) mass is 297 g/mol. The topological polar surface area (TPSA) is 39.3 Å². The summed E-state index contributed by atoms with van der Waals surface area (Å²) in [6.07, 6.45) is 4.01. The van der Waals surface area contributed by atoms with E-state index in [1.54, 1.807) is 0 Å². The summed E-state index contributed by atoms with van der Waals surface area (Å²) < 4.78 is 0. The summed E-state index contributed by atoms with van der Waals surface area (Å²) in [4.78, 5) is 20.2. The third-order valence-electron chi connectivity index (χ3n) is 4.52. The fourth-order valence-electron chi connectivity index (χ4n) is 3.09. The molecule has 0 saturated carbocycles. The van der Waals surface area contributed by atoms with E-state index in [0.29, 0.717) is 0 Å². The van der Waals surface area contributed by atoms with Crippen LogP contribution in [0.25, 0.3) is 0 Å². The van der Waals surface area contributed by atoms with E-state index in [-0.39, 0.29) is 11.9 Å². The zero-order chi connectivity index (χ0) is 15.5. The number of nitrogens with one attached hydrogen (secondary N) is 1. The second-order valence-electron chi connectivity index (χ2n) is 5.84. The highest BCUT2D eigenvalue weighted by molar-refractivity contribution is 5.95. The van der Waals surface area contributed by atoms with Gasteiger partial charge in [-0.05, 0) is 56.2 Å². The first-order chi connectivity index (χ1) is 10.7. The molecule has 1 fully saturated rings. The molecular weight excluding hydrogens is 274 g/mol. The molecule has 2 heterocycles. The standard InChI is InChI=1S/C18H23N3O/c1-3-20(2)15-10-8-14(9-11-15)18(22)21-13-5-7-17(21)16-6-4-12-19-16/h4,6,8-12,17,19H,3,5,7,13H2,1-2H3. The van der Waals surface area contributed by atoms with Crippen molar-refractivity contribution in [2.75, 3.05) is 25.0 Å². The number of carbonyl (C=O) groups excluding carboxylic acids is 1. The molecule has 22 heavy (non-hydrogen) atoms. The molecule has 1 unspecified atom stereocenters. The van der Waals surface area contributed by atoms with Crippen molar-refractivity contribution in [2.45, 2.75) is 25.8 Å². The van der Waals surface area contributed by atoms with Crippen LogP contribution < -0.4 is 4.90 Å². The molecule has 0 aliphatic carbocycles. The molecule has 4 nitrogen and oxygen atoms in total. The van der Waals surface area contributed by atoms with Crippen molar-refractivity contribution in [3.05, 3.63) is 53.9 Å². The van der Waals surface area contributed by atoms with Crippen molar-refractivity contribution in [1.29, 1.82) is 0 Å². The maximum absolute atomic E-state index is 12.8. The highest BCUT2D eigenvalue weighted by atomic mass is 16.2. The van der Waals surface area contributed by atoms with E-state index in [2.05, 4.69) is 29.9 Å². The Morgan fingerprint density at radius 3 is 2.73 bits per heavy atom. The molecule has 3 rings (SSSR count). The summed E-state index contributed by atoms with van der Waals surface area (Å²) in [7, 11) is 2.05. The maximum Gasteiger partial charge on any atom is 0.254 e. The van der Waals surface area contributed by atoms with Crippen molar-refractivity contribution >= 4 is 11.6 Å². The molecule has 0 bridgehead atoms. The number of H-pyrrole nitrogens is 1. The van der Waals surface area contributed by atoms with E-state index in [4.69, 9.17) is 0 Å². The lowest BCUT2D eigenvalue weighted by Gasteiger charge is -2.24. The number of aromatic nitrogens is 1. The molecule has 2 aromatic rings. The molecular formula is C18H23N3O. The average Bonchev–Trinajstić information content (AvgIpc) is 3.24. The number of hydrogen-bond donors (Lipinski definition) is 1. The molecule has 0 radical (unpaired) electrons. The molecule has 4 heteroatoms. The van der Waals surface area contributed by atoms with Crippen LogP contribution in [0, 0.1) is 0 Å². The van der Waals surface area contributed by atoms with Gasteiger partial charge in [-0.25, -0.2) is 0 Å². The van der Waals surface area contributed by atoms with Gasteiger partial charge in [0.15, 0.2) is 0 Å². The van der Waals surface area contributed by atoms with E-state index in [1.165, 1.54) is 0 Å². The van der Waals surface area contributed by atoms with Crippen LogP contribution in [0.4, 0.5) is 5.69 Å². The molecule has 1 atom stereocenters. The van der Waals surface area contributed by atoms with Gasteiger partial charge in [-0.3, -0.25) is 4.79 Å². The molecule has 0 spiro atoms. The largest absolute Gasteiger partial charge is 0.375 e. The van der Waals surface area contributed by atoms with Gasteiger partial charge in [-0.2, -0.15) is 0 Å². The lowest BCUT2D eigenvalue weighted by molar-refractivity contribution is 0.0733. The number of amides is 1. The molecule has 1 aromatic heterocycles. The zero-order valence-corrected chi connectivity index (χ0v) is 13.2. The second kappa shape index (κ2) is 6.26. The second-order valence-corrected chi connectivity index (χ2v) is 5.84. The van der Waals surface area contributed by atoms with Crippen molar-refractivity contribution in [1.82, 2.24) is 9.88 Å². The summed E-state index contributed by atoms with van der Waals surface area (Å²) in [6.45, 7) is 3.90. The number of benzene rings is 1. The normalized spacial score (nSPS) is 17.7. The third kappa shape index (κ3) is 2.73. The number of rotatable bonds is 4. The fraction of sp³-hybridized carbons (Fsp3) is 0.389. The molecule has 1 amide bonds. The minimum absolute atomic E-state index is 0.128. The van der Waals surface area contributed by atoms with Crippen LogP contribution in [0.5, 0.6) is 0 Å². The number of aromatic amines is 1. The first kappa shape index (κ1) is 14.7. The fourth-order valence-corrected chi connectivity index (χ4v) is 3.09. The number of nitrogens with zero attached hydrogens (tertiary/aromatic N) is 2. The van der Waals surface area contributed by atoms with Crippen LogP contribution in [0.3, 0.4) is 0 Å². The first-order valence-electron chi connectivity index (χ1n) is 7.96. The Bertz CT molecular complexity index is 618. The highest BCUT2D eigenvalue weighted by Gasteiger charge is 2.31. The third-order valence-corrected chi connectivity index (χ3v) is 4.52. The van der Waals surface area contributed by atoms with Crippen LogP contribution in [-0.4, -0.2) is 35.9 Å². The SMILES string of the molecule is CCN(C)c1ccc(C(=O)N2CCCC2c2ccc[nH]2)cc1. The van der Waals surface area contributed by atoms with Crippen LogP contribution in [0.15, 0.2) is 42.6 Å². The lowest BCUT2D eigenvalue weighted by Crippen LogP contribution is -2.30.